The van der Waals surface area contributed by atoms with Crippen LogP contribution in [-0.4, -0.2) is 41.0 Å². The van der Waals surface area contributed by atoms with Crippen LogP contribution in [0.4, 0.5) is 5.13 Å². The van der Waals surface area contributed by atoms with E-state index >= 15 is 0 Å². The van der Waals surface area contributed by atoms with Gasteiger partial charge >= 0.3 is 5.97 Å². The van der Waals surface area contributed by atoms with E-state index < -0.39 is 0 Å². The van der Waals surface area contributed by atoms with Gasteiger partial charge in [-0.15, -0.1) is 10.2 Å². The smallest absolute Gasteiger partial charge is 0.316 e. The van der Waals surface area contributed by atoms with Crippen molar-refractivity contribution >= 4 is 51.7 Å². The number of carbonyl (C=O) groups is 2. The van der Waals surface area contributed by atoms with Crippen molar-refractivity contribution in [3.8, 4) is 5.75 Å². The van der Waals surface area contributed by atoms with Gasteiger partial charge in [0, 0.05) is 5.02 Å². The Bertz CT molecular complexity index is 694. The van der Waals surface area contributed by atoms with Crippen molar-refractivity contribution in [2.75, 3.05) is 24.3 Å². The molecule has 0 fully saturated rings. The van der Waals surface area contributed by atoms with Crippen LogP contribution in [0.2, 0.25) is 5.02 Å². The maximum absolute atomic E-state index is 11.8. The van der Waals surface area contributed by atoms with Crippen LogP contribution < -0.4 is 10.1 Å². The molecule has 0 atom stereocenters. The molecular formula is C14H14ClN3O4S2. The fourth-order valence-electron chi connectivity index (χ4n) is 1.48. The zero-order valence-corrected chi connectivity index (χ0v) is 15.0. The van der Waals surface area contributed by atoms with Crippen molar-refractivity contribution in [3.05, 3.63) is 29.3 Å². The van der Waals surface area contributed by atoms with Crippen molar-refractivity contribution in [1.82, 2.24) is 10.2 Å². The van der Waals surface area contributed by atoms with E-state index in [1.807, 2.05) is 0 Å². The van der Waals surface area contributed by atoms with E-state index in [0.29, 0.717) is 26.9 Å². The molecule has 24 heavy (non-hydrogen) atoms. The number of esters is 1. The van der Waals surface area contributed by atoms with Crippen LogP contribution in [0.1, 0.15) is 6.92 Å². The third kappa shape index (κ3) is 6.34. The molecule has 128 valence electrons. The van der Waals surface area contributed by atoms with Gasteiger partial charge in [-0.3, -0.25) is 14.9 Å². The highest BCUT2D eigenvalue weighted by Crippen LogP contribution is 2.25. The number of aromatic nitrogens is 2. The number of thioether (sulfide) groups is 1. The number of benzene rings is 1. The summed E-state index contributed by atoms with van der Waals surface area (Å²) in [5.74, 6) is 0.0102. The minimum Gasteiger partial charge on any atom is -0.484 e. The summed E-state index contributed by atoms with van der Waals surface area (Å²) in [6, 6.07) is 6.69. The molecule has 0 saturated carbocycles. The average Bonchev–Trinajstić information content (AvgIpc) is 3.00. The first-order valence-corrected chi connectivity index (χ1v) is 9.05. The fraction of sp³-hybridized carbons (Fsp3) is 0.286. The summed E-state index contributed by atoms with van der Waals surface area (Å²) in [7, 11) is 0. The summed E-state index contributed by atoms with van der Waals surface area (Å²) in [6.07, 6.45) is 0. The van der Waals surface area contributed by atoms with Crippen molar-refractivity contribution in [3.63, 3.8) is 0 Å². The second-order valence-electron chi connectivity index (χ2n) is 4.26. The van der Waals surface area contributed by atoms with Crippen LogP contribution in [0.25, 0.3) is 0 Å². The Morgan fingerprint density at radius 3 is 2.75 bits per heavy atom. The first-order valence-electron chi connectivity index (χ1n) is 6.87. The summed E-state index contributed by atoms with van der Waals surface area (Å²) >= 11 is 8.14. The number of nitrogens with one attached hydrogen (secondary N) is 1. The van der Waals surface area contributed by atoms with E-state index in [4.69, 9.17) is 21.1 Å². The van der Waals surface area contributed by atoms with Gasteiger partial charge in [-0.25, -0.2) is 0 Å². The van der Waals surface area contributed by atoms with Gasteiger partial charge in [0.25, 0.3) is 5.91 Å². The van der Waals surface area contributed by atoms with Gasteiger partial charge in [0.05, 0.1) is 12.4 Å². The SMILES string of the molecule is CCOC(=O)CSc1nnc(NC(=O)COc2ccc(Cl)cc2)s1. The summed E-state index contributed by atoms with van der Waals surface area (Å²) in [4.78, 5) is 23.1. The lowest BCUT2D eigenvalue weighted by Crippen LogP contribution is -2.20. The Hall–Kier alpha value is -1.84. The van der Waals surface area contributed by atoms with Crippen LogP contribution in [0.3, 0.4) is 0 Å². The molecule has 0 aliphatic carbocycles. The Morgan fingerprint density at radius 1 is 1.29 bits per heavy atom. The minimum atomic E-state index is -0.358. The Balaban J connectivity index is 1.75. The quantitative estimate of drug-likeness (QED) is 0.423. The highest BCUT2D eigenvalue weighted by Gasteiger charge is 2.11. The molecule has 2 aromatic rings. The molecule has 1 N–H and O–H groups in total. The minimum absolute atomic E-state index is 0.149. The lowest BCUT2D eigenvalue weighted by molar-refractivity contribution is -0.139. The molecule has 0 aliphatic rings. The number of hydrogen-bond donors (Lipinski definition) is 1. The number of rotatable bonds is 8. The summed E-state index contributed by atoms with van der Waals surface area (Å²) < 4.78 is 10.7. The van der Waals surface area contributed by atoms with Gasteiger partial charge in [-0.05, 0) is 31.2 Å². The highest BCUT2D eigenvalue weighted by atomic mass is 35.5. The molecule has 0 bridgehead atoms. The first-order chi connectivity index (χ1) is 11.6. The summed E-state index contributed by atoms with van der Waals surface area (Å²) in [5.41, 5.74) is 0. The van der Waals surface area contributed by atoms with E-state index in [0.717, 1.165) is 0 Å². The molecular weight excluding hydrogens is 374 g/mol. The van der Waals surface area contributed by atoms with E-state index in [1.54, 1.807) is 31.2 Å². The summed E-state index contributed by atoms with van der Waals surface area (Å²) in [6.45, 7) is 1.92. The van der Waals surface area contributed by atoms with Crippen molar-refractivity contribution < 1.29 is 19.1 Å². The molecule has 1 amide bonds. The lowest BCUT2D eigenvalue weighted by Gasteiger charge is -2.05. The van der Waals surface area contributed by atoms with Crippen molar-refractivity contribution in [2.45, 2.75) is 11.3 Å². The Labute approximate surface area is 151 Å². The van der Waals surface area contributed by atoms with Crippen molar-refractivity contribution in [1.29, 1.82) is 0 Å². The van der Waals surface area contributed by atoms with E-state index in [-0.39, 0.29) is 24.2 Å². The third-order valence-electron chi connectivity index (χ3n) is 2.46. The van der Waals surface area contributed by atoms with Gasteiger partial charge in [-0.1, -0.05) is 34.7 Å². The molecule has 2 rings (SSSR count). The number of amides is 1. The molecule has 0 radical (unpaired) electrons. The number of anilines is 1. The normalized spacial score (nSPS) is 10.2. The predicted molar refractivity (Wildman–Crippen MR) is 92.8 cm³/mol. The Morgan fingerprint density at radius 2 is 2.04 bits per heavy atom. The number of hydrogen-bond acceptors (Lipinski definition) is 8. The van der Waals surface area contributed by atoms with Crippen LogP contribution in [0, 0.1) is 0 Å². The molecule has 0 spiro atoms. The fourth-order valence-corrected chi connectivity index (χ4v) is 3.17. The third-order valence-corrected chi connectivity index (χ3v) is 4.65. The van der Waals surface area contributed by atoms with Gasteiger partial charge in [-0.2, -0.15) is 0 Å². The zero-order valence-electron chi connectivity index (χ0n) is 12.7. The number of carbonyl (C=O) groups excluding carboxylic acids is 2. The summed E-state index contributed by atoms with van der Waals surface area (Å²) in [5, 5.41) is 11.2. The molecule has 0 unspecified atom stereocenters. The molecule has 1 heterocycles. The average molecular weight is 388 g/mol. The van der Waals surface area contributed by atoms with Crippen molar-refractivity contribution in [2.24, 2.45) is 0 Å². The van der Waals surface area contributed by atoms with E-state index in [1.165, 1.54) is 23.1 Å². The topological polar surface area (TPSA) is 90.4 Å². The van der Waals surface area contributed by atoms with E-state index in [2.05, 4.69) is 15.5 Å². The highest BCUT2D eigenvalue weighted by molar-refractivity contribution is 8.01. The molecule has 0 saturated heterocycles. The van der Waals surface area contributed by atoms with Crippen LogP contribution in [0.5, 0.6) is 5.75 Å². The van der Waals surface area contributed by atoms with Crippen LogP contribution in [-0.2, 0) is 14.3 Å². The second-order valence-corrected chi connectivity index (χ2v) is 6.89. The monoisotopic (exact) mass is 387 g/mol. The maximum Gasteiger partial charge on any atom is 0.316 e. The predicted octanol–water partition coefficient (Wildman–Crippen LogP) is 2.86. The lowest BCUT2D eigenvalue weighted by atomic mass is 10.3. The maximum atomic E-state index is 11.8. The molecule has 0 aliphatic heterocycles. The molecule has 7 nitrogen and oxygen atoms in total. The molecule has 1 aromatic heterocycles. The van der Waals surface area contributed by atoms with Gasteiger partial charge in [0.15, 0.2) is 10.9 Å². The number of nitrogens with zero attached hydrogens (tertiary/aromatic N) is 2. The van der Waals surface area contributed by atoms with E-state index in [9.17, 15) is 9.59 Å². The Kier molecular flexibility index (Phi) is 7.29. The number of halogens is 1. The van der Waals surface area contributed by atoms with Crippen LogP contribution >= 0.6 is 34.7 Å². The zero-order chi connectivity index (χ0) is 17.4. The first kappa shape index (κ1) is 18.5. The van der Waals surface area contributed by atoms with Crippen LogP contribution in [0.15, 0.2) is 28.6 Å². The largest absolute Gasteiger partial charge is 0.484 e. The number of ether oxygens (including phenoxy) is 2. The van der Waals surface area contributed by atoms with Gasteiger partial charge in [0.2, 0.25) is 5.13 Å². The van der Waals surface area contributed by atoms with Gasteiger partial charge < -0.3 is 9.47 Å². The van der Waals surface area contributed by atoms with Gasteiger partial charge in [0.1, 0.15) is 5.75 Å². The molecule has 1 aromatic carbocycles. The molecule has 10 heteroatoms. The standard InChI is InChI=1S/C14H14ClN3O4S2/c1-2-21-12(20)8-23-14-18-17-13(24-14)16-11(19)7-22-10-5-3-9(15)4-6-10/h3-6H,2,7-8H2,1H3,(H,16,17,19). The second kappa shape index (κ2) is 9.45.